The van der Waals surface area contributed by atoms with Crippen LogP contribution in [0.25, 0.3) is 77.1 Å². The van der Waals surface area contributed by atoms with Crippen molar-refractivity contribution in [3.8, 4) is 22.8 Å². The maximum atomic E-state index is 5.01. The Morgan fingerprint density at radius 1 is 0.460 bits per heavy atom. The van der Waals surface area contributed by atoms with Crippen LogP contribution in [-0.2, 0) is 10.8 Å². The van der Waals surface area contributed by atoms with Crippen LogP contribution in [0.4, 0.5) is 0 Å². The summed E-state index contributed by atoms with van der Waals surface area (Å²) in [6, 6.07) is 44.4. The molecule has 0 amide bonds. The molecule has 5 aromatic carbocycles. The molecule has 0 spiro atoms. The molecule has 0 aliphatic rings. The lowest BCUT2D eigenvalue weighted by Gasteiger charge is -2.20. The van der Waals surface area contributed by atoms with E-state index in [1.807, 2.05) is 12.4 Å². The highest BCUT2D eigenvalue weighted by Crippen LogP contribution is 2.40. The summed E-state index contributed by atoms with van der Waals surface area (Å²) < 4.78 is 4.80. The monoisotopic (exact) mass is 648 g/mol. The summed E-state index contributed by atoms with van der Waals surface area (Å²) in [4.78, 5) is 9.84. The molecular formula is C46H40N4. The average Bonchev–Trinajstić information content (AvgIpc) is 3.63. The molecule has 0 saturated carbocycles. The molecule has 0 radical (unpaired) electrons. The molecule has 0 aliphatic carbocycles. The van der Waals surface area contributed by atoms with Gasteiger partial charge in [0.1, 0.15) is 5.82 Å². The van der Waals surface area contributed by atoms with Gasteiger partial charge in [0.05, 0.1) is 27.8 Å². The van der Waals surface area contributed by atoms with E-state index in [9.17, 15) is 0 Å². The van der Waals surface area contributed by atoms with Gasteiger partial charge >= 0.3 is 0 Å². The van der Waals surface area contributed by atoms with Crippen molar-refractivity contribution in [2.24, 2.45) is 0 Å². The summed E-state index contributed by atoms with van der Waals surface area (Å²) in [5, 5.41) is 7.33. The summed E-state index contributed by atoms with van der Waals surface area (Å²) >= 11 is 0. The minimum atomic E-state index is -0.00832. The van der Waals surface area contributed by atoms with E-state index in [-0.39, 0.29) is 10.8 Å². The third kappa shape index (κ3) is 4.74. The van der Waals surface area contributed by atoms with Crippen molar-refractivity contribution >= 4 is 54.4 Å². The molecule has 0 unspecified atom stereocenters. The Balaban J connectivity index is 1.35. The number of nitrogens with zero attached hydrogens (tertiary/aromatic N) is 4. The normalized spacial score (nSPS) is 12.6. The van der Waals surface area contributed by atoms with Crippen molar-refractivity contribution in [1.29, 1.82) is 0 Å². The van der Waals surface area contributed by atoms with E-state index < -0.39 is 0 Å². The van der Waals surface area contributed by atoms with Crippen LogP contribution in [0.1, 0.15) is 52.7 Å². The van der Waals surface area contributed by atoms with E-state index in [1.165, 1.54) is 54.5 Å². The second-order valence-corrected chi connectivity index (χ2v) is 15.6. The summed E-state index contributed by atoms with van der Waals surface area (Å²) in [6.45, 7) is 13.5. The maximum Gasteiger partial charge on any atom is 0.137 e. The van der Waals surface area contributed by atoms with Gasteiger partial charge in [-0.25, -0.2) is 4.98 Å². The third-order valence-electron chi connectivity index (χ3n) is 10.3. The first-order valence-corrected chi connectivity index (χ1v) is 17.5. The lowest BCUT2D eigenvalue weighted by atomic mass is 9.87. The Kier molecular flexibility index (Phi) is 6.60. The molecule has 0 bridgehead atoms. The minimum Gasteiger partial charge on any atom is -0.309 e. The van der Waals surface area contributed by atoms with E-state index in [2.05, 4.69) is 172 Å². The Morgan fingerprint density at radius 3 is 1.88 bits per heavy atom. The van der Waals surface area contributed by atoms with Gasteiger partial charge in [-0.15, -0.1) is 0 Å². The van der Waals surface area contributed by atoms with Crippen LogP contribution >= 0.6 is 0 Å². The largest absolute Gasteiger partial charge is 0.309 e. The molecule has 9 aromatic rings. The van der Waals surface area contributed by atoms with Gasteiger partial charge in [0, 0.05) is 50.6 Å². The van der Waals surface area contributed by atoms with Crippen molar-refractivity contribution in [1.82, 2.24) is 19.1 Å². The number of pyridine rings is 2. The highest BCUT2D eigenvalue weighted by atomic mass is 15.1. The van der Waals surface area contributed by atoms with Gasteiger partial charge in [-0.3, -0.25) is 9.55 Å². The number of fused-ring (bicyclic) bond motifs is 8. The molecule has 9 rings (SSSR count). The fourth-order valence-electron chi connectivity index (χ4n) is 7.61. The van der Waals surface area contributed by atoms with Crippen LogP contribution in [-0.4, -0.2) is 19.1 Å². The molecule has 244 valence electrons. The SMILES string of the molecule is CC(C)(C)c1ccnc(-c2ccc3c4ccccc4n(-c4ccc5c6ccc7ccccc7c6n(-c6cc(C(C)(C)C)ccn6)c5c4)c3c2)c1. The number of hydrogen-bond donors (Lipinski definition) is 0. The van der Waals surface area contributed by atoms with Crippen molar-refractivity contribution in [2.75, 3.05) is 0 Å². The fraction of sp³-hybridized carbons (Fsp3) is 0.174. The van der Waals surface area contributed by atoms with E-state index in [1.54, 1.807) is 0 Å². The molecule has 0 N–H and O–H groups in total. The topological polar surface area (TPSA) is 35.6 Å². The number of rotatable bonds is 3. The first-order chi connectivity index (χ1) is 24.1. The van der Waals surface area contributed by atoms with Crippen molar-refractivity contribution < 1.29 is 0 Å². The first-order valence-electron chi connectivity index (χ1n) is 17.5. The predicted molar refractivity (Wildman–Crippen MR) is 211 cm³/mol. The third-order valence-corrected chi connectivity index (χ3v) is 10.3. The van der Waals surface area contributed by atoms with E-state index in [0.717, 1.165) is 33.8 Å². The minimum absolute atomic E-state index is 0.00832. The zero-order chi connectivity index (χ0) is 34.4. The molecule has 50 heavy (non-hydrogen) atoms. The molecule has 4 aromatic heterocycles. The second kappa shape index (κ2) is 10.9. The fourth-order valence-corrected chi connectivity index (χ4v) is 7.61. The molecule has 0 atom stereocenters. The van der Waals surface area contributed by atoms with Crippen LogP contribution < -0.4 is 0 Å². The summed E-state index contributed by atoms with van der Waals surface area (Å²) in [5.74, 6) is 0.931. The smallest absolute Gasteiger partial charge is 0.137 e. The summed E-state index contributed by atoms with van der Waals surface area (Å²) in [5.41, 5.74) is 10.4. The van der Waals surface area contributed by atoms with E-state index in [4.69, 9.17) is 9.97 Å². The molecule has 0 fully saturated rings. The second-order valence-electron chi connectivity index (χ2n) is 15.6. The van der Waals surface area contributed by atoms with Gasteiger partial charge in [0.25, 0.3) is 0 Å². The number of benzene rings is 5. The number of para-hydroxylation sites is 1. The lowest BCUT2D eigenvalue weighted by Crippen LogP contribution is -2.12. The standard InChI is InChI=1S/C46H40N4/c1-45(2,3)31-21-23-47-39(26-31)30-16-18-36-35-13-9-10-14-40(35)49(41(36)25-30)33-17-20-37-38-19-15-29-11-7-8-12-34(29)44(38)50(42(37)28-33)43-27-32(22-24-48-43)46(4,5)6/h7-28H,1-6H3. The Labute approximate surface area is 292 Å². The van der Waals surface area contributed by atoms with Gasteiger partial charge in [-0.05, 0) is 75.9 Å². The Hall–Kier alpha value is -5.74. The van der Waals surface area contributed by atoms with Gasteiger partial charge in [-0.1, -0.05) is 114 Å². The zero-order valence-corrected chi connectivity index (χ0v) is 29.5. The van der Waals surface area contributed by atoms with Crippen LogP contribution in [0.15, 0.2) is 134 Å². The highest BCUT2D eigenvalue weighted by molar-refractivity contribution is 6.19. The van der Waals surface area contributed by atoms with Crippen molar-refractivity contribution in [3.63, 3.8) is 0 Å². The maximum absolute atomic E-state index is 5.01. The first kappa shape index (κ1) is 30.3. The number of aromatic nitrogens is 4. The molecule has 0 aliphatic heterocycles. The quantitative estimate of drug-likeness (QED) is 0.191. The average molecular weight is 649 g/mol. The molecule has 0 saturated heterocycles. The summed E-state index contributed by atoms with van der Waals surface area (Å²) in [7, 11) is 0. The molecule has 4 heteroatoms. The van der Waals surface area contributed by atoms with Crippen molar-refractivity contribution in [3.05, 3.63) is 145 Å². The number of hydrogen-bond acceptors (Lipinski definition) is 2. The van der Waals surface area contributed by atoms with E-state index in [0.29, 0.717) is 0 Å². The molecule has 4 heterocycles. The zero-order valence-electron chi connectivity index (χ0n) is 29.5. The summed E-state index contributed by atoms with van der Waals surface area (Å²) in [6.07, 6.45) is 3.90. The highest BCUT2D eigenvalue weighted by Gasteiger charge is 2.21. The van der Waals surface area contributed by atoms with Gasteiger partial charge < -0.3 is 4.57 Å². The lowest BCUT2D eigenvalue weighted by molar-refractivity contribution is 0.588. The van der Waals surface area contributed by atoms with Gasteiger partial charge in [0.2, 0.25) is 0 Å². The van der Waals surface area contributed by atoms with Gasteiger partial charge in [-0.2, -0.15) is 0 Å². The Morgan fingerprint density at radius 2 is 1.08 bits per heavy atom. The Bertz CT molecular complexity index is 2780. The van der Waals surface area contributed by atoms with E-state index >= 15 is 0 Å². The van der Waals surface area contributed by atoms with Crippen molar-refractivity contribution in [2.45, 2.75) is 52.4 Å². The van der Waals surface area contributed by atoms with Gasteiger partial charge in [0.15, 0.2) is 0 Å². The van der Waals surface area contributed by atoms with Crippen LogP contribution in [0.5, 0.6) is 0 Å². The molecular weight excluding hydrogens is 609 g/mol. The van der Waals surface area contributed by atoms with Crippen LogP contribution in [0.3, 0.4) is 0 Å². The van der Waals surface area contributed by atoms with Crippen LogP contribution in [0.2, 0.25) is 0 Å². The van der Waals surface area contributed by atoms with Crippen LogP contribution in [0, 0.1) is 0 Å². The predicted octanol–water partition coefficient (Wildman–Crippen LogP) is 12.1. The molecule has 4 nitrogen and oxygen atoms in total.